The van der Waals surface area contributed by atoms with Gasteiger partial charge in [-0.3, -0.25) is 15.6 Å². The van der Waals surface area contributed by atoms with Gasteiger partial charge in [-0.05, 0) is 29.7 Å². The normalized spacial score (nSPS) is 14.2. The molecule has 7 nitrogen and oxygen atoms in total. The van der Waals surface area contributed by atoms with Gasteiger partial charge in [-0.1, -0.05) is 49.2 Å². The summed E-state index contributed by atoms with van der Waals surface area (Å²) in [4.78, 5) is 21.0. The number of nitrogens with one attached hydrogen (secondary N) is 3. The Hall–Kier alpha value is -3.35. The summed E-state index contributed by atoms with van der Waals surface area (Å²) in [7, 11) is 0. The van der Waals surface area contributed by atoms with E-state index in [0.717, 1.165) is 23.6 Å². The number of hydrogen-bond acceptors (Lipinski definition) is 6. The van der Waals surface area contributed by atoms with Crippen LogP contribution in [0.25, 0.3) is 10.8 Å². The summed E-state index contributed by atoms with van der Waals surface area (Å²) in [5.74, 6) is 0.716. The van der Waals surface area contributed by atoms with E-state index in [-0.39, 0.29) is 5.91 Å². The van der Waals surface area contributed by atoms with Crippen LogP contribution in [0.1, 0.15) is 36.0 Å². The van der Waals surface area contributed by atoms with E-state index in [1.807, 2.05) is 36.4 Å². The molecule has 1 amide bonds. The third-order valence-corrected chi connectivity index (χ3v) is 4.91. The Labute approximate surface area is 157 Å². The van der Waals surface area contributed by atoms with Crippen molar-refractivity contribution in [1.29, 1.82) is 0 Å². The zero-order chi connectivity index (χ0) is 18.6. The summed E-state index contributed by atoms with van der Waals surface area (Å²) in [5.41, 5.74) is 12.7. The van der Waals surface area contributed by atoms with Crippen LogP contribution in [0.4, 0.5) is 17.3 Å². The van der Waals surface area contributed by atoms with E-state index in [1.165, 1.54) is 19.2 Å². The molecule has 0 bridgehead atoms. The number of carbonyl (C=O) groups excluding carboxylic acids is 1. The van der Waals surface area contributed by atoms with Gasteiger partial charge < -0.3 is 11.1 Å². The van der Waals surface area contributed by atoms with E-state index in [9.17, 15) is 4.79 Å². The topological polar surface area (TPSA) is 105 Å². The van der Waals surface area contributed by atoms with Gasteiger partial charge in [-0.2, -0.15) is 0 Å². The highest BCUT2D eigenvalue weighted by atomic mass is 16.2. The molecule has 0 aliphatic heterocycles. The summed E-state index contributed by atoms with van der Waals surface area (Å²) in [5, 5.41) is 5.26. The number of aromatic nitrogens is 2. The van der Waals surface area contributed by atoms with Crippen molar-refractivity contribution in [3.05, 3.63) is 54.4 Å². The number of carbonyl (C=O) groups is 1. The first-order valence-corrected chi connectivity index (χ1v) is 9.13. The molecular weight excluding hydrogens is 340 g/mol. The second-order valence-electron chi connectivity index (χ2n) is 6.72. The minimum atomic E-state index is -0.255. The fourth-order valence-corrected chi connectivity index (χ4v) is 3.48. The molecule has 0 atom stereocenters. The number of benzene rings is 2. The predicted molar refractivity (Wildman–Crippen MR) is 107 cm³/mol. The molecule has 1 aliphatic rings. The van der Waals surface area contributed by atoms with Crippen molar-refractivity contribution in [3.8, 4) is 0 Å². The molecule has 0 saturated heterocycles. The van der Waals surface area contributed by atoms with Gasteiger partial charge >= 0.3 is 0 Å². The lowest BCUT2D eigenvalue weighted by Crippen LogP contribution is -2.30. The number of fused-ring (bicyclic) bond motifs is 1. The molecule has 3 aromatic rings. The first kappa shape index (κ1) is 17.1. The van der Waals surface area contributed by atoms with E-state index in [1.54, 1.807) is 6.07 Å². The number of nitrogens with two attached hydrogens (primary N) is 1. The zero-order valence-corrected chi connectivity index (χ0v) is 14.9. The molecule has 7 heteroatoms. The van der Waals surface area contributed by atoms with Crippen LogP contribution in [-0.4, -0.2) is 21.9 Å². The van der Waals surface area contributed by atoms with Gasteiger partial charge in [0.05, 0.1) is 0 Å². The average Bonchev–Trinajstić information content (AvgIpc) is 3.21. The predicted octanol–water partition coefficient (Wildman–Crippen LogP) is 3.32. The van der Waals surface area contributed by atoms with Crippen LogP contribution >= 0.6 is 0 Å². The molecule has 1 heterocycles. The van der Waals surface area contributed by atoms with Gasteiger partial charge in [0, 0.05) is 11.6 Å². The third kappa shape index (κ3) is 3.62. The monoisotopic (exact) mass is 362 g/mol. The highest BCUT2D eigenvalue weighted by Gasteiger charge is 2.18. The molecule has 1 saturated carbocycles. The molecule has 4 rings (SSSR count). The standard InChI is InChI=1S/C20H22N6O/c21-17-18(24-14-8-2-3-9-14)22-12-23-19(17)25-26-20(27)16-11-5-7-13-6-1-4-10-15(13)16/h1,4-7,10-12,14H,2-3,8-9,21H2,(H,26,27)(H2,22,23,24,25). The first-order valence-electron chi connectivity index (χ1n) is 9.13. The highest BCUT2D eigenvalue weighted by Crippen LogP contribution is 2.27. The van der Waals surface area contributed by atoms with Crippen molar-refractivity contribution in [2.24, 2.45) is 0 Å². The van der Waals surface area contributed by atoms with Crippen LogP contribution in [-0.2, 0) is 0 Å². The number of amides is 1. The first-order chi connectivity index (χ1) is 13.2. The molecule has 2 aromatic carbocycles. The van der Waals surface area contributed by atoms with Gasteiger partial charge in [0.2, 0.25) is 0 Å². The summed E-state index contributed by atoms with van der Waals surface area (Å²) in [6, 6.07) is 13.8. The van der Waals surface area contributed by atoms with Gasteiger partial charge in [-0.15, -0.1) is 0 Å². The Kier molecular flexibility index (Phi) is 4.74. The van der Waals surface area contributed by atoms with Crippen molar-refractivity contribution >= 4 is 34.0 Å². The Morgan fingerprint density at radius 2 is 1.74 bits per heavy atom. The van der Waals surface area contributed by atoms with E-state index < -0.39 is 0 Å². The number of anilines is 3. The van der Waals surface area contributed by atoms with Gasteiger partial charge in [0.15, 0.2) is 11.6 Å². The minimum Gasteiger partial charge on any atom is -0.393 e. The van der Waals surface area contributed by atoms with E-state index in [4.69, 9.17) is 5.73 Å². The fourth-order valence-electron chi connectivity index (χ4n) is 3.48. The lowest BCUT2D eigenvalue weighted by molar-refractivity contribution is 0.0964. The third-order valence-electron chi connectivity index (χ3n) is 4.91. The number of hydrazine groups is 1. The zero-order valence-electron chi connectivity index (χ0n) is 14.9. The molecule has 27 heavy (non-hydrogen) atoms. The number of rotatable bonds is 5. The lowest BCUT2D eigenvalue weighted by atomic mass is 10.0. The maximum atomic E-state index is 12.6. The van der Waals surface area contributed by atoms with Crippen molar-refractivity contribution < 1.29 is 4.79 Å². The summed E-state index contributed by atoms with van der Waals surface area (Å²) in [6.07, 6.45) is 6.10. The Morgan fingerprint density at radius 3 is 2.59 bits per heavy atom. The van der Waals surface area contributed by atoms with E-state index in [0.29, 0.717) is 28.9 Å². The molecule has 0 radical (unpaired) electrons. The molecule has 1 aliphatic carbocycles. The van der Waals surface area contributed by atoms with Crippen molar-refractivity contribution in [2.45, 2.75) is 31.7 Å². The second-order valence-corrected chi connectivity index (χ2v) is 6.72. The van der Waals surface area contributed by atoms with E-state index >= 15 is 0 Å². The summed E-state index contributed by atoms with van der Waals surface area (Å²) < 4.78 is 0. The highest BCUT2D eigenvalue weighted by molar-refractivity contribution is 6.07. The molecule has 0 unspecified atom stereocenters. The van der Waals surface area contributed by atoms with Crippen LogP contribution < -0.4 is 21.9 Å². The van der Waals surface area contributed by atoms with Crippen LogP contribution in [0.5, 0.6) is 0 Å². The molecule has 5 N–H and O–H groups in total. The fraction of sp³-hybridized carbons (Fsp3) is 0.250. The summed E-state index contributed by atoms with van der Waals surface area (Å²) >= 11 is 0. The lowest BCUT2D eigenvalue weighted by Gasteiger charge is -2.16. The molecular formula is C20H22N6O. The van der Waals surface area contributed by atoms with Crippen molar-refractivity contribution in [2.75, 3.05) is 16.5 Å². The number of nitrogen functional groups attached to an aromatic ring is 1. The van der Waals surface area contributed by atoms with Gasteiger partial charge in [0.25, 0.3) is 5.91 Å². The van der Waals surface area contributed by atoms with Crippen LogP contribution in [0.15, 0.2) is 48.8 Å². The van der Waals surface area contributed by atoms with Crippen LogP contribution in [0.3, 0.4) is 0 Å². The quantitative estimate of drug-likeness (QED) is 0.519. The Bertz CT molecular complexity index is 962. The molecule has 1 aromatic heterocycles. The molecule has 138 valence electrons. The van der Waals surface area contributed by atoms with Gasteiger partial charge in [0.1, 0.15) is 12.0 Å². The minimum absolute atomic E-state index is 0.255. The van der Waals surface area contributed by atoms with Crippen LogP contribution in [0.2, 0.25) is 0 Å². The number of nitrogens with zero attached hydrogens (tertiary/aromatic N) is 2. The second kappa shape index (κ2) is 7.49. The largest absolute Gasteiger partial charge is 0.393 e. The Balaban J connectivity index is 1.49. The smallest absolute Gasteiger partial charge is 0.270 e. The SMILES string of the molecule is Nc1c(NNC(=O)c2cccc3ccccc23)ncnc1NC1CCCC1. The van der Waals surface area contributed by atoms with Crippen LogP contribution in [0, 0.1) is 0 Å². The molecule has 0 spiro atoms. The van der Waals surface area contributed by atoms with Crippen molar-refractivity contribution in [1.82, 2.24) is 15.4 Å². The molecule has 1 fully saturated rings. The average molecular weight is 362 g/mol. The maximum absolute atomic E-state index is 12.6. The van der Waals surface area contributed by atoms with Gasteiger partial charge in [-0.25, -0.2) is 9.97 Å². The Morgan fingerprint density at radius 1 is 1.00 bits per heavy atom. The summed E-state index contributed by atoms with van der Waals surface area (Å²) in [6.45, 7) is 0. The number of hydrogen-bond donors (Lipinski definition) is 4. The van der Waals surface area contributed by atoms with E-state index in [2.05, 4.69) is 26.1 Å². The maximum Gasteiger partial charge on any atom is 0.270 e. The van der Waals surface area contributed by atoms with Crippen molar-refractivity contribution in [3.63, 3.8) is 0 Å².